The highest BCUT2D eigenvalue weighted by Crippen LogP contribution is 2.48. The largest absolute Gasteiger partial charge is 0.477 e. The highest BCUT2D eigenvalue weighted by molar-refractivity contribution is 7.21. The number of hydrogen-bond acceptors (Lipinski definition) is 4. The van der Waals surface area contributed by atoms with Gasteiger partial charge in [-0.2, -0.15) is 0 Å². The number of aromatic carboxylic acids is 1. The zero-order valence-electron chi connectivity index (χ0n) is 11.0. The van der Waals surface area contributed by atoms with E-state index in [4.69, 9.17) is 16.3 Å². The van der Waals surface area contributed by atoms with Crippen molar-refractivity contribution in [3.8, 4) is 0 Å². The van der Waals surface area contributed by atoms with E-state index in [9.17, 15) is 9.90 Å². The third-order valence-electron chi connectivity index (χ3n) is 3.99. The molecule has 0 unspecified atom stereocenters. The molecule has 0 aromatic carbocycles. The predicted octanol–water partition coefficient (Wildman–Crippen LogP) is 4.06. The Hall–Kier alpha value is -1.17. The van der Waals surface area contributed by atoms with Gasteiger partial charge in [0.25, 0.3) is 0 Å². The first kappa shape index (κ1) is 13.8. The first-order valence-corrected chi connectivity index (χ1v) is 7.64. The van der Waals surface area contributed by atoms with Crippen molar-refractivity contribution in [3.63, 3.8) is 0 Å². The van der Waals surface area contributed by atoms with E-state index in [2.05, 4.69) is 4.98 Å². The Labute approximate surface area is 125 Å². The molecule has 0 radical (unpaired) electrons. The average molecular weight is 312 g/mol. The molecule has 2 aromatic heterocycles. The fraction of sp³-hybridized carbons (Fsp3) is 0.429. The Kier molecular flexibility index (Phi) is 3.44. The third kappa shape index (κ3) is 2.01. The minimum Gasteiger partial charge on any atom is -0.477 e. The molecule has 1 saturated carbocycles. The van der Waals surface area contributed by atoms with Gasteiger partial charge in [-0.1, -0.05) is 24.4 Å². The molecule has 2 aromatic rings. The van der Waals surface area contributed by atoms with Gasteiger partial charge in [-0.25, -0.2) is 9.78 Å². The number of halogens is 1. The van der Waals surface area contributed by atoms with Crippen LogP contribution in [0.5, 0.6) is 0 Å². The van der Waals surface area contributed by atoms with Crippen LogP contribution in [0.15, 0.2) is 12.3 Å². The van der Waals surface area contributed by atoms with Crippen molar-refractivity contribution >= 4 is 39.0 Å². The number of carbonyl (C=O) groups is 1. The van der Waals surface area contributed by atoms with Gasteiger partial charge in [-0.15, -0.1) is 11.3 Å². The molecule has 0 aliphatic heterocycles. The van der Waals surface area contributed by atoms with Crippen LogP contribution in [0.4, 0.5) is 0 Å². The topological polar surface area (TPSA) is 59.4 Å². The summed E-state index contributed by atoms with van der Waals surface area (Å²) in [6.45, 7) is 0. The fourth-order valence-corrected chi connectivity index (χ4v) is 4.32. The number of thiophene rings is 1. The van der Waals surface area contributed by atoms with E-state index >= 15 is 0 Å². The molecule has 3 rings (SSSR count). The number of carboxylic acids is 1. The molecule has 1 aliphatic rings. The van der Waals surface area contributed by atoms with Crippen molar-refractivity contribution in [2.45, 2.75) is 31.3 Å². The summed E-state index contributed by atoms with van der Waals surface area (Å²) in [4.78, 5) is 16.0. The van der Waals surface area contributed by atoms with Crippen molar-refractivity contribution in [1.29, 1.82) is 0 Å². The smallest absolute Gasteiger partial charge is 0.346 e. The molecule has 106 valence electrons. The molecule has 0 bridgehead atoms. The lowest BCUT2D eigenvalue weighted by Crippen LogP contribution is -2.26. The maximum absolute atomic E-state index is 11.6. The molecule has 4 nitrogen and oxygen atoms in total. The second-order valence-corrected chi connectivity index (χ2v) is 6.46. The molecule has 0 spiro atoms. The van der Waals surface area contributed by atoms with Crippen LogP contribution >= 0.6 is 22.9 Å². The third-order valence-corrected chi connectivity index (χ3v) is 5.33. The molecule has 0 saturated heterocycles. The molecule has 2 heterocycles. The van der Waals surface area contributed by atoms with Crippen molar-refractivity contribution in [1.82, 2.24) is 4.98 Å². The lowest BCUT2D eigenvalue weighted by Gasteiger charge is -2.28. The Morgan fingerprint density at radius 1 is 1.50 bits per heavy atom. The number of pyridine rings is 1. The molecule has 6 heteroatoms. The lowest BCUT2D eigenvalue weighted by atomic mass is 9.89. The SMILES string of the molecule is COC1(c2c(C(=O)O)sc3cnc(Cl)cc23)CCCC1. The summed E-state index contributed by atoms with van der Waals surface area (Å²) in [5.41, 5.74) is 0.269. The van der Waals surface area contributed by atoms with Crippen LogP contribution in [0.3, 0.4) is 0 Å². The van der Waals surface area contributed by atoms with Crippen molar-refractivity contribution in [3.05, 3.63) is 27.9 Å². The van der Waals surface area contributed by atoms with Crippen LogP contribution in [-0.4, -0.2) is 23.2 Å². The normalized spacial score (nSPS) is 17.7. The van der Waals surface area contributed by atoms with Gasteiger partial charge < -0.3 is 9.84 Å². The fourth-order valence-electron chi connectivity index (χ4n) is 3.08. The average Bonchev–Trinajstić information content (AvgIpc) is 3.02. The van der Waals surface area contributed by atoms with Gasteiger partial charge >= 0.3 is 5.97 Å². The van der Waals surface area contributed by atoms with Crippen LogP contribution in [0, 0.1) is 0 Å². The van der Waals surface area contributed by atoms with Gasteiger partial charge in [0, 0.05) is 24.3 Å². The molecule has 1 aliphatic carbocycles. The Bertz CT molecular complexity index is 676. The molecule has 1 N–H and O–H groups in total. The van der Waals surface area contributed by atoms with Crippen LogP contribution < -0.4 is 0 Å². The standard InChI is InChI=1S/C14H14ClNO3S/c1-19-14(4-2-3-5-14)11-8-6-10(15)16-7-9(8)20-12(11)13(17)18/h6-7H,2-5H2,1H3,(H,17,18). The van der Waals surface area contributed by atoms with Crippen LogP contribution in [0.1, 0.15) is 40.9 Å². The van der Waals surface area contributed by atoms with Crippen LogP contribution in [-0.2, 0) is 10.3 Å². The van der Waals surface area contributed by atoms with Gasteiger partial charge in [-0.05, 0) is 18.9 Å². The number of carboxylic acid groups (broad SMARTS) is 1. The van der Waals surface area contributed by atoms with E-state index in [1.54, 1.807) is 19.4 Å². The van der Waals surface area contributed by atoms with Crippen LogP contribution in [0.2, 0.25) is 5.15 Å². The van der Waals surface area contributed by atoms with E-state index in [0.29, 0.717) is 10.0 Å². The zero-order chi connectivity index (χ0) is 14.3. The predicted molar refractivity (Wildman–Crippen MR) is 78.7 cm³/mol. The number of rotatable bonds is 3. The number of hydrogen-bond donors (Lipinski definition) is 1. The minimum atomic E-state index is -0.916. The maximum atomic E-state index is 11.6. The highest BCUT2D eigenvalue weighted by atomic mass is 35.5. The molecule has 20 heavy (non-hydrogen) atoms. The van der Waals surface area contributed by atoms with E-state index in [-0.39, 0.29) is 0 Å². The lowest BCUT2D eigenvalue weighted by molar-refractivity contribution is -0.00812. The number of ether oxygens (including phenoxy) is 1. The first-order valence-electron chi connectivity index (χ1n) is 6.44. The van der Waals surface area contributed by atoms with E-state index in [1.165, 1.54) is 11.3 Å². The quantitative estimate of drug-likeness (QED) is 0.868. The summed E-state index contributed by atoms with van der Waals surface area (Å²) in [6, 6.07) is 1.74. The van der Waals surface area contributed by atoms with Gasteiger partial charge in [0.15, 0.2) is 0 Å². The summed E-state index contributed by atoms with van der Waals surface area (Å²) in [5, 5.41) is 10.7. The summed E-state index contributed by atoms with van der Waals surface area (Å²) < 4.78 is 6.60. The number of fused-ring (bicyclic) bond motifs is 1. The molecule has 0 atom stereocenters. The zero-order valence-corrected chi connectivity index (χ0v) is 12.6. The van der Waals surface area contributed by atoms with Gasteiger partial charge in [0.05, 0.1) is 10.3 Å². The monoisotopic (exact) mass is 311 g/mol. The molecule has 1 fully saturated rings. The second kappa shape index (κ2) is 4.98. The van der Waals surface area contributed by atoms with Gasteiger partial charge in [-0.3, -0.25) is 0 Å². The van der Waals surface area contributed by atoms with E-state index in [1.807, 2.05) is 0 Å². The Balaban J connectivity index is 2.33. The second-order valence-electron chi connectivity index (χ2n) is 5.02. The summed E-state index contributed by atoms with van der Waals surface area (Å²) in [5.74, 6) is -0.916. The van der Waals surface area contributed by atoms with Crippen molar-refractivity contribution in [2.24, 2.45) is 0 Å². The Morgan fingerprint density at radius 2 is 2.20 bits per heavy atom. The number of methoxy groups -OCH3 is 1. The summed E-state index contributed by atoms with van der Waals surface area (Å²) in [7, 11) is 1.66. The van der Waals surface area contributed by atoms with E-state index < -0.39 is 11.6 Å². The van der Waals surface area contributed by atoms with Crippen LogP contribution in [0.25, 0.3) is 10.1 Å². The van der Waals surface area contributed by atoms with Crippen molar-refractivity contribution in [2.75, 3.05) is 7.11 Å². The molecule has 0 amide bonds. The van der Waals surface area contributed by atoms with Gasteiger partial charge in [0.1, 0.15) is 10.0 Å². The highest BCUT2D eigenvalue weighted by Gasteiger charge is 2.41. The Morgan fingerprint density at radius 3 is 2.80 bits per heavy atom. The summed E-state index contributed by atoms with van der Waals surface area (Å²) >= 11 is 7.22. The van der Waals surface area contributed by atoms with E-state index in [0.717, 1.165) is 41.3 Å². The summed E-state index contributed by atoms with van der Waals surface area (Å²) in [6.07, 6.45) is 5.41. The van der Waals surface area contributed by atoms with Crippen molar-refractivity contribution < 1.29 is 14.6 Å². The molecular weight excluding hydrogens is 298 g/mol. The first-order chi connectivity index (χ1) is 9.57. The maximum Gasteiger partial charge on any atom is 0.346 e. The van der Waals surface area contributed by atoms with Gasteiger partial charge in [0.2, 0.25) is 0 Å². The minimum absolute atomic E-state index is 0.341. The number of aromatic nitrogens is 1. The number of nitrogens with zero attached hydrogens (tertiary/aromatic N) is 1. The molecular formula is C14H14ClNO3S.